The van der Waals surface area contributed by atoms with E-state index < -0.39 is 45.2 Å². The number of hydrogen-bond acceptors (Lipinski definition) is 8. The average Bonchev–Trinajstić information content (AvgIpc) is 3.54. The Morgan fingerprint density at radius 3 is 2.47 bits per heavy atom. The van der Waals surface area contributed by atoms with Gasteiger partial charge in [-0.15, -0.1) is 11.3 Å². The Morgan fingerprint density at radius 2 is 1.86 bits per heavy atom. The molecular weight excluding hydrogens is 511 g/mol. The molecule has 1 aliphatic rings. The molecule has 36 heavy (non-hydrogen) atoms. The lowest BCUT2D eigenvalue weighted by atomic mass is 10.0. The van der Waals surface area contributed by atoms with Crippen LogP contribution in [0.25, 0.3) is 21.3 Å². The fourth-order valence-corrected chi connectivity index (χ4v) is 6.00. The minimum Gasteiger partial charge on any atom is -0.387 e. The third-order valence-electron chi connectivity index (χ3n) is 5.37. The molecule has 1 fully saturated rings. The summed E-state index contributed by atoms with van der Waals surface area (Å²) in [5.74, 6) is -2.46. The number of nitrogens with one attached hydrogen (secondary N) is 3. The van der Waals surface area contributed by atoms with Crippen LogP contribution in [0.2, 0.25) is 0 Å². The highest BCUT2D eigenvalue weighted by Crippen LogP contribution is 2.35. The highest BCUT2D eigenvalue weighted by Gasteiger charge is 2.34. The van der Waals surface area contributed by atoms with Crippen LogP contribution in [0.5, 0.6) is 0 Å². The van der Waals surface area contributed by atoms with Gasteiger partial charge in [0.1, 0.15) is 17.4 Å². The number of amides is 3. The van der Waals surface area contributed by atoms with Crippen molar-refractivity contribution in [1.29, 1.82) is 0 Å². The number of thiazole rings is 1. The van der Waals surface area contributed by atoms with Gasteiger partial charge in [0.2, 0.25) is 17.7 Å². The fourth-order valence-electron chi connectivity index (χ4n) is 3.49. The van der Waals surface area contributed by atoms with Gasteiger partial charge in [0, 0.05) is 23.5 Å². The van der Waals surface area contributed by atoms with E-state index in [-0.39, 0.29) is 23.2 Å². The summed E-state index contributed by atoms with van der Waals surface area (Å²) in [5.41, 5.74) is 1.39. The van der Waals surface area contributed by atoms with Crippen molar-refractivity contribution in [1.82, 2.24) is 15.6 Å². The van der Waals surface area contributed by atoms with Crippen LogP contribution in [0.4, 0.5) is 10.1 Å². The second-order valence-electron chi connectivity index (χ2n) is 8.40. The maximum absolute atomic E-state index is 14.9. The summed E-state index contributed by atoms with van der Waals surface area (Å²) < 4.78 is 40.2. The smallest absolute Gasteiger partial charge is 0.250 e. The minimum atomic E-state index is -3.95. The lowest BCUT2D eigenvalue weighted by Gasteiger charge is -2.12. The predicted octanol–water partition coefficient (Wildman–Crippen LogP) is 1.51. The number of fused-ring (bicyclic) bond motifs is 1. The number of halogens is 1. The van der Waals surface area contributed by atoms with E-state index in [1.165, 1.54) is 12.1 Å². The Balaban J connectivity index is 1.59. The first kappa shape index (κ1) is 25.7. The number of nitrogens with zero attached hydrogens (tertiary/aromatic N) is 1. The van der Waals surface area contributed by atoms with Gasteiger partial charge < -0.3 is 21.1 Å². The highest BCUT2D eigenvalue weighted by atomic mass is 32.2. The summed E-state index contributed by atoms with van der Waals surface area (Å²) in [6.45, 7) is -1.03. The topological polar surface area (TPSA) is 155 Å². The molecule has 4 rings (SSSR count). The molecule has 0 saturated heterocycles. The van der Waals surface area contributed by atoms with Gasteiger partial charge >= 0.3 is 0 Å². The van der Waals surface area contributed by atoms with Crippen LogP contribution in [0, 0.1) is 5.82 Å². The van der Waals surface area contributed by atoms with Gasteiger partial charge in [-0.3, -0.25) is 14.4 Å². The van der Waals surface area contributed by atoms with Crippen LogP contribution in [-0.4, -0.2) is 61.7 Å². The van der Waals surface area contributed by atoms with Crippen molar-refractivity contribution in [2.24, 2.45) is 0 Å². The fraction of sp³-hybridized carbons (Fsp3) is 0.304. The zero-order chi connectivity index (χ0) is 26.0. The van der Waals surface area contributed by atoms with Gasteiger partial charge in [0.15, 0.2) is 15.1 Å². The van der Waals surface area contributed by atoms with Gasteiger partial charge in [-0.25, -0.2) is 17.8 Å². The summed E-state index contributed by atoms with van der Waals surface area (Å²) in [5, 5.41) is 14.7. The Morgan fingerprint density at radius 1 is 1.17 bits per heavy atom. The van der Waals surface area contributed by atoms with Crippen molar-refractivity contribution in [2.45, 2.75) is 24.1 Å². The molecule has 190 valence electrons. The van der Waals surface area contributed by atoms with Crippen molar-refractivity contribution < 1.29 is 32.3 Å². The molecule has 0 radical (unpaired) electrons. The molecule has 0 aliphatic heterocycles. The second-order valence-corrected chi connectivity index (χ2v) is 11.6. The summed E-state index contributed by atoms with van der Waals surface area (Å²) in [6, 6.07) is 9.00. The molecule has 1 heterocycles. The molecule has 2 aromatic carbocycles. The lowest BCUT2D eigenvalue weighted by molar-refractivity contribution is -0.126. The number of sulfone groups is 1. The zero-order valence-corrected chi connectivity index (χ0v) is 20.7. The second kappa shape index (κ2) is 10.3. The van der Waals surface area contributed by atoms with Crippen molar-refractivity contribution >= 4 is 54.8 Å². The standard InChI is InChI=1S/C23H23FN4O6S2/c1-36(33,34)21(22(32)25-10-19(30)26-14-6-7-14)23-28-17-8-15(16(24)9-18(17)35-23)12-2-4-13(5-3-12)27-20(31)11-29/h2-5,8-9,14,21,29H,6-7,10-11H2,1H3,(H,25,32)(H,26,30)(H,27,31). The lowest BCUT2D eigenvalue weighted by Crippen LogP contribution is -2.41. The summed E-state index contributed by atoms with van der Waals surface area (Å²) >= 11 is 0.882. The highest BCUT2D eigenvalue weighted by molar-refractivity contribution is 7.91. The molecule has 0 spiro atoms. The van der Waals surface area contributed by atoms with Crippen molar-refractivity contribution in [2.75, 3.05) is 24.7 Å². The van der Waals surface area contributed by atoms with Crippen LogP contribution in [0.1, 0.15) is 23.1 Å². The minimum absolute atomic E-state index is 0.0359. The molecule has 1 atom stereocenters. The Hall–Kier alpha value is -3.42. The Labute approximate surface area is 209 Å². The molecule has 4 N–H and O–H groups in total. The quantitative estimate of drug-likeness (QED) is 0.324. The van der Waals surface area contributed by atoms with E-state index in [2.05, 4.69) is 20.9 Å². The van der Waals surface area contributed by atoms with E-state index in [9.17, 15) is 27.2 Å². The molecule has 3 aromatic rings. The summed E-state index contributed by atoms with van der Waals surface area (Å²) in [4.78, 5) is 40.2. The maximum Gasteiger partial charge on any atom is 0.250 e. The van der Waals surface area contributed by atoms with Crippen LogP contribution in [0.3, 0.4) is 0 Å². The zero-order valence-electron chi connectivity index (χ0n) is 19.1. The van der Waals surface area contributed by atoms with Gasteiger partial charge in [-0.05, 0) is 42.7 Å². The molecule has 1 unspecified atom stereocenters. The molecule has 1 aliphatic carbocycles. The first-order valence-corrected chi connectivity index (χ1v) is 13.7. The summed E-state index contributed by atoms with van der Waals surface area (Å²) in [6.07, 6.45) is 2.65. The SMILES string of the molecule is CS(=O)(=O)C(C(=O)NCC(=O)NC1CC1)c1nc2cc(-c3ccc(NC(=O)CO)cc3)c(F)cc2s1. The number of anilines is 1. The number of carbonyl (C=O) groups excluding carboxylic acids is 3. The molecule has 10 nitrogen and oxygen atoms in total. The van der Waals surface area contributed by atoms with Gasteiger partial charge in [-0.2, -0.15) is 0 Å². The average molecular weight is 535 g/mol. The van der Waals surface area contributed by atoms with E-state index in [4.69, 9.17) is 5.11 Å². The van der Waals surface area contributed by atoms with Crippen LogP contribution in [0.15, 0.2) is 36.4 Å². The molecule has 13 heteroatoms. The van der Waals surface area contributed by atoms with E-state index in [0.29, 0.717) is 21.5 Å². The number of benzene rings is 2. The van der Waals surface area contributed by atoms with Gasteiger partial charge in [0.25, 0.3) is 0 Å². The Kier molecular flexibility index (Phi) is 7.33. The third kappa shape index (κ3) is 6.04. The van der Waals surface area contributed by atoms with E-state index in [0.717, 1.165) is 30.4 Å². The van der Waals surface area contributed by atoms with Crippen LogP contribution < -0.4 is 16.0 Å². The van der Waals surface area contributed by atoms with Crippen molar-refractivity contribution in [3.05, 3.63) is 47.2 Å². The van der Waals surface area contributed by atoms with E-state index >= 15 is 0 Å². The third-order valence-corrected chi connectivity index (χ3v) is 7.90. The van der Waals surface area contributed by atoms with Gasteiger partial charge in [0.05, 0.1) is 16.8 Å². The first-order chi connectivity index (χ1) is 17.0. The van der Waals surface area contributed by atoms with E-state index in [1.807, 2.05) is 0 Å². The van der Waals surface area contributed by atoms with Crippen LogP contribution >= 0.6 is 11.3 Å². The number of hydrogen-bond donors (Lipinski definition) is 4. The molecule has 1 saturated carbocycles. The van der Waals surface area contributed by atoms with Crippen LogP contribution in [-0.2, 0) is 24.2 Å². The Bertz CT molecular complexity index is 1430. The molecule has 0 bridgehead atoms. The number of aromatic nitrogens is 1. The normalized spacial score (nSPS) is 14.3. The summed E-state index contributed by atoms with van der Waals surface area (Å²) in [7, 11) is -3.95. The van der Waals surface area contributed by atoms with Gasteiger partial charge in [-0.1, -0.05) is 12.1 Å². The van der Waals surface area contributed by atoms with E-state index in [1.54, 1.807) is 24.3 Å². The monoisotopic (exact) mass is 534 g/mol. The molecule has 3 amide bonds. The number of rotatable bonds is 9. The number of aliphatic hydroxyl groups excluding tert-OH is 1. The number of carbonyl (C=O) groups is 3. The van der Waals surface area contributed by atoms with Crippen molar-refractivity contribution in [3.63, 3.8) is 0 Å². The first-order valence-electron chi connectivity index (χ1n) is 10.9. The van der Waals surface area contributed by atoms with Crippen molar-refractivity contribution in [3.8, 4) is 11.1 Å². The molecule has 1 aromatic heterocycles. The molecular formula is C23H23FN4O6S2. The largest absolute Gasteiger partial charge is 0.387 e. The predicted molar refractivity (Wildman–Crippen MR) is 132 cm³/mol. The maximum atomic E-state index is 14.9. The number of aliphatic hydroxyl groups is 1.